The van der Waals surface area contributed by atoms with E-state index in [4.69, 9.17) is 0 Å². The molecule has 1 fully saturated rings. The van der Waals surface area contributed by atoms with Gasteiger partial charge in [0.1, 0.15) is 5.54 Å². The third-order valence-electron chi connectivity index (χ3n) is 4.46. The summed E-state index contributed by atoms with van der Waals surface area (Å²) in [6.45, 7) is 1.54. The van der Waals surface area contributed by atoms with Crippen LogP contribution in [0.4, 0.5) is 13.2 Å². The van der Waals surface area contributed by atoms with Gasteiger partial charge >= 0.3 is 12.1 Å². The number of thioether (sulfide) groups is 1. The van der Waals surface area contributed by atoms with Crippen LogP contribution in [0.2, 0.25) is 0 Å². The molecular weight excluding hydrogens is 383 g/mol. The fourth-order valence-corrected chi connectivity index (χ4v) is 4.20. The minimum Gasteiger partial charge on any atom is -0.479 e. The molecule has 1 saturated heterocycles. The first kappa shape index (κ1) is 19.3. The van der Waals surface area contributed by atoms with E-state index in [0.29, 0.717) is 17.9 Å². The Kier molecular flexibility index (Phi) is 4.94. The first-order valence-electron chi connectivity index (χ1n) is 8.00. The number of carboxylic acids is 1. The van der Waals surface area contributed by atoms with Gasteiger partial charge in [0, 0.05) is 5.75 Å². The second-order valence-corrected chi connectivity index (χ2v) is 7.35. The lowest BCUT2D eigenvalue weighted by Crippen LogP contribution is -2.54. The number of carbonyl (C=O) groups is 2. The van der Waals surface area contributed by atoms with Crippen molar-refractivity contribution in [3.8, 4) is 5.69 Å². The Morgan fingerprint density at radius 2 is 2.11 bits per heavy atom. The molecule has 0 aliphatic carbocycles. The van der Waals surface area contributed by atoms with Crippen LogP contribution in [0.25, 0.3) is 5.69 Å². The predicted octanol–water partition coefficient (Wildman–Crippen LogP) is 2.89. The highest BCUT2D eigenvalue weighted by Gasteiger charge is 2.43. The Labute approximate surface area is 156 Å². The highest BCUT2D eigenvalue weighted by Crippen LogP contribution is 2.31. The maximum atomic E-state index is 12.9. The van der Waals surface area contributed by atoms with Gasteiger partial charge in [-0.1, -0.05) is 6.07 Å². The van der Waals surface area contributed by atoms with Crippen LogP contribution in [0.1, 0.15) is 28.0 Å². The highest BCUT2D eigenvalue weighted by molar-refractivity contribution is 7.99. The Hall–Kier alpha value is -2.49. The molecule has 1 amide bonds. The zero-order chi connectivity index (χ0) is 19.8. The molecule has 2 N–H and O–H groups in total. The molecule has 1 aromatic heterocycles. The number of hydrogen-bond donors (Lipinski definition) is 2. The maximum absolute atomic E-state index is 12.9. The molecule has 1 unspecified atom stereocenters. The molecule has 1 aromatic carbocycles. The Morgan fingerprint density at radius 1 is 1.37 bits per heavy atom. The van der Waals surface area contributed by atoms with Crippen molar-refractivity contribution in [3.05, 3.63) is 47.3 Å². The van der Waals surface area contributed by atoms with Crippen LogP contribution in [-0.4, -0.2) is 43.8 Å². The van der Waals surface area contributed by atoms with E-state index in [1.165, 1.54) is 34.8 Å². The van der Waals surface area contributed by atoms with Gasteiger partial charge in [-0.05, 0) is 37.3 Å². The average Bonchev–Trinajstić information content (AvgIpc) is 3.22. The third kappa shape index (κ3) is 3.66. The molecule has 1 atom stereocenters. The number of benzene rings is 1. The fraction of sp³-hybridized carbons (Fsp3) is 0.353. The number of carboxylic acid groups (broad SMARTS) is 1. The van der Waals surface area contributed by atoms with E-state index in [1.807, 2.05) is 0 Å². The minimum absolute atomic E-state index is 0.116. The van der Waals surface area contributed by atoms with E-state index in [9.17, 15) is 27.9 Å². The summed E-state index contributed by atoms with van der Waals surface area (Å²) in [5.41, 5.74) is -1.57. The number of nitrogens with zero attached hydrogens (tertiary/aromatic N) is 2. The van der Waals surface area contributed by atoms with Crippen molar-refractivity contribution < 1.29 is 27.9 Å². The molecule has 27 heavy (non-hydrogen) atoms. The van der Waals surface area contributed by atoms with Crippen LogP contribution in [0.15, 0.2) is 30.5 Å². The third-order valence-corrected chi connectivity index (χ3v) is 5.65. The zero-order valence-electron chi connectivity index (χ0n) is 14.2. The summed E-state index contributed by atoms with van der Waals surface area (Å²) in [5.74, 6) is -0.844. The SMILES string of the molecule is Cc1c(C(=O)NC2(C(=O)O)CCSC2)cnn1-c1cccc(C(F)(F)F)c1. The van der Waals surface area contributed by atoms with Gasteiger partial charge in [-0.25, -0.2) is 9.48 Å². The van der Waals surface area contributed by atoms with Gasteiger partial charge in [0.05, 0.1) is 28.7 Å². The van der Waals surface area contributed by atoms with Crippen molar-refractivity contribution in [1.82, 2.24) is 15.1 Å². The average molecular weight is 399 g/mol. The fourth-order valence-electron chi connectivity index (χ4n) is 2.88. The van der Waals surface area contributed by atoms with Crippen molar-refractivity contribution in [2.75, 3.05) is 11.5 Å². The van der Waals surface area contributed by atoms with E-state index in [0.717, 1.165) is 12.1 Å². The van der Waals surface area contributed by atoms with Crippen LogP contribution in [-0.2, 0) is 11.0 Å². The monoisotopic (exact) mass is 399 g/mol. The van der Waals surface area contributed by atoms with Crippen molar-refractivity contribution in [2.24, 2.45) is 0 Å². The summed E-state index contributed by atoms with van der Waals surface area (Å²) in [7, 11) is 0. The summed E-state index contributed by atoms with van der Waals surface area (Å²) in [6.07, 6.45) is -2.96. The predicted molar refractivity (Wildman–Crippen MR) is 93.1 cm³/mol. The second kappa shape index (κ2) is 6.91. The van der Waals surface area contributed by atoms with Gasteiger partial charge < -0.3 is 10.4 Å². The number of alkyl halides is 3. The van der Waals surface area contributed by atoms with E-state index < -0.39 is 29.2 Å². The van der Waals surface area contributed by atoms with Crippen LogP contribution in [0.5, 0.6) is 0 Å². The quantitative estimate of drug-likeness (QED) is 0.826. The molecule has 0 spiro atoms. The maximum Gasteiger partial charge on any atom is 0.416 e. The van der Waals surface area contributed by atoms with Crippen molar-refractivity contribution in [1.29, 1.82) is 0 Å². The molecule has 3 rings (SSSR count). The smallest absolute Gasteiger partial charge is 0.416 e. The van der Waals surface area contributed by atoms with Gasteiger partial charge in [0.2, 0.25) is 0 Å². The first-order valence-corrected chi connectivity index (χ1v) is 9.15. The lowest BCUT2D eigenvalue weighted by atomic mass is 9.98. The van der Waals surface area contributed by atoms with Gasteiger partial charge in [0.15, 0.2) is 0 Å². The number of aromatic nitrogens is 2. The van der Waals surface area contributed by atoms with Crippen LogP contribution >= 0.6 is 11.8 Å². The van der Waals surface area contributed by atoms with E-state index in [1.54, 1.807) is 6.92 Å². The summed E-state index contributed by atoms with van der Waals surface area (Å²) in [5, 5.41) is 16.0. The molecule has 1 aliphatic heterocycles. The molecule has 10 heteroatoms. The number of nitrogens with one attached hydrogen (secondary N) is 1. The lowest BCUT2D eigenvalue weighted by Gasteiger charge is -2.24. The van der Waals surface area contributed by atoms with Crippen LogP contribution in [0, 0.1) is 6.92 Å². The highest BCUT2D eigenvalue weighted by atomic mass is 32.2. The molecular formula is C17H16F3N3O3S. The molecule has 2 aromatic rings. The molecule has 2 heterocycles. The molecule has 6 nitrogen and oxygen atoms in total. The molecule has 144 valence electrons. The van der Waals surface area contributed by atoms with E-state index in [-0.39, 0.29) is 17.0 Å². The largest absolute Gasteiger partial charge is 0.479 e. The number of aliphatic carboxylic acids is 1. The van der Waals surface area contributed by atoms with Crippen molar-refractivity contribution in [2.45, 2.75) is 25.1 Å². The van der Waals surface area contributed by atoms with Gasteiger partial charge in [0.25, 0.3) is 5.91 Å². The molecule has 0 radical (unpaired) electrons. The summed E-state index contributed by atoms with van der Waals surface area (Å²) < 4.78 is 40.0. The number of halogens is 3. The number of carbonyl (C=O) groups excluding carboxylic acids is 1. The summed E-state index contributed by atoms with van der Waals surface area (Å²) in [4.78, 5) is 24.2. The Morgan fingerprint density at radius 3 is 2.70 bits per heavy atom. The van der Waals surface area contributed by atoms with Crippen molar-refractivity contribution in [3.63, 3.8) is 0 Å². The molecule has 0 saturated carbocycles. The molecule has 1 aliphatic rings. The minimum atomic E-state index is -4.49. The number of rotatable bonds is 4. The standard InChI is InChI=1S/C17H16F3N3O3S/c1-10-13(14(24)22-16(15(25)26)5-6-27-9-16)8-21-23(10)12-4-2-3-11(7-12)17(18,19)20/h2-4,7-8H,5-6,9H2,1H3,(H,22,24)(H,25,26). The van der Waals surface area contributed by atoms with E-state index >= 15 is 0 Å². The molecule has 0 bridgehead atoms. The summed E-state index contributed by atoms with van der Waals surface area (Å²) in [6, 6.07) is 4.59. The summed E-state index contributed by atoms with van der Waals surface area (Å²) >= 11 is 1.43. The second-order valence-electron chi connectivity index (χ2n) is 6.25. The number of hydrogen-bond acceptors (Lipinski definition) is 4. The lowest BCUT2D eigenvalue weighted by molar-refractivity contribution is -0.143. The Bertz CT molecular complexity index is 889. The normalized spacial score (nSPS) is 19.9. The first-order chi connectivity index (χ1) is 12.6. The topological polar surface area (TPSA) is 84.2 Å². The van der Waals surface area contributed by atoms with Crippen molar-refractivity contribution >= 4 is 23.6 Å². The number of amides is 1. The van der Waals surface area contributed by atoms with Gasteiger partial charge in [-0.3, -0.25) is 4.79 Å². The van der Waals surface area contributed by atoms with Gasteiger partial charge in [-0.2, -0.15) is 30.0 Å². The van der Waals surface area contributed by atoms with E-state index in [2.05, 4.69) is 10.4 Å². The van der Waals surface area contributed by atoms with Crippen LogP contribution in [0.3, 0.4) is 0 Å². The zero-order valence-corrected chi connectivity index (χ0v) is 15.0. The van der Waals surface area contributed by atoms with Crippen LogP contribution < -0.4 is 5.32 Å². The van der Waals surface area contributed by atoms with Gasteiger partial charge in [-0.15, -0.1) is 0 Å². The Balaban J connectivity index is 1.90.